The minimum atomic E-state index is -0.441. The molecule has 1 aliphatic heterocycles. The predicted octanol–water partition coefficient (Wildman–Crippen LogP) is 2.66. The van der Waals surface area contributed by atoms with Crippen LogP contribution in [0.25, 0.3) is 6.08 Å². The molecule has 0 bridgehead atoms. The average molecular weight is 226 g/mol. The highest BCUT2D eigenvalue weighted by molar-refractivity contribution is 6.32. The third kappa shape index (κ3) is 1.68. The third-order valence-electron chi connectivity index (χ3n) is 2.28. The van der Waals surface area contributed by atoms with Crippen molar-refractivity contribution in [3.63, 3.8) is 0 Å². The molecule has 15 heavy (non-hydrogen) atoms. The molecule has 0 aromatic heterocycles. The van der Waals surface area contributed by atoms with Gasteiger partial charge >= 0.3 is 0 Å². The van der Waals surface area contributed by atoms with Crippen LogP contribution in [-0.4, -0.2) is 11.5 Å². The van der Waals surface area contributed by atoms with E-state index in [9.17, 15) is 10.1 Å². The van der Waals surface area contributed by atoms with Crippen LogP contribution in [0.2, 0.25) is 5.02 Å². The first kappa shape index (κ1) is 9.98. The van der Waals surface area contributed by atoms with Crippen LogP contribution >= 0.6 is 11.6 Å². The third-order valence-corrected chi connectivity index (χ3v) is 2.57. The van der Waals surface area contributed by atoms with Gasteiger partial charge in [0.15, 0.2) is 6.61 Å². The lowest BCUT2D eigenvalue weighted by Crippen LogP contribution is -2.14. The van der Waals surface area contributed by atoms with Crippen molar-refractivity contribution in [3.05, 3.63) is 44.1 Å². The van der Waals surface area contributed by atoms with Gasteiger partial charge in [0.25, 0.3) is 5.70 Å². The molecule has 0 atom stereocenters. The van der Waals surface area contributed by atoms with E-state index in [-0.39, 0.29) is 12.3 Å². The van der Waals surface area contributed by atoms with Gasteiger partial charge in [0, 0.05) is 11.6 Å². The standard InChI is InChI=1S/C10H8ClNO3/c1-6-2-3-9(11)10-8(6)4-7(5-15-10)12(13)14/h2-4H,5H2,1H3. The molecule has 1 heterocycles. The second-order valence-corrected chi connectivity index (χ2v) is 3.70. The van der Waals surface area contributed by atoms with E-state index in [0.29, 0.717) is 16.3 Å². The van der Waals surface area contributed by atoms with Crippen LogP contribution in [-0.2, 0) is 0 Å². The van der Waals surface area contributed by atoms with Gasteiger partial charge in [-0.1, -0.05) is 17.7 Å². The van der Waals surface area contributed by atoms with E-state index in [2.05, 4.69) is 0 Å². The van der Waals surface area contributed by atoms with Crippen LogP contribution in [0, 0.1) is 17.0 Å². The first-order valence-electron chi connectivity index (χ1n) is 4.36. The molecule has 2 rings (SSSR count). The molecule has 0 spiro atoms. The Kier molecular flexibility index (Phi) is 2.36. The molecule has 1 aromatic rings. The fourth-order valence-electron chi connectivity index (χ4n) is 1.46. The van der Waals surface area contributed by atoms with Gasteiger partial charge in [-0.2, -0.15) is 0 Å². The van der Waals surface area contributed by atoms with Crippen molar-refractivity contribution in [1.82, 2.24) is 0 Å². The average Bonchev–Trinajstić information content (AvgIpc) is 2.23. The molecule has 5 heteroatoms. The van der Waals surface area contributed by atoms with E-state index in [4.69, 9.17) is 16.3 Å². The summed E-state index contributed by atoms with van der Waals surface area (Å²) in [6, 6.07) is 3.53. The van der Waals surface area contributed by atoms with Gasteiger partial charge in [-0.15, -0.1) is 0 Å². The molecule has 1 aromatic carbocycles. The van der Waals surface area contributed by atoms with Crippen LogP contribution in [0.3, 0.4) is 0 Å². The molecular formula is C10H8ClNO3. The maximum atomic E-state index is 10.6. The summed E-state index contributed by atoms with van der Waals surface area (Å²) in [6.45, 7) is 1.82. The molecule has 0 N–H and O–H groups in total. The Morgan fingerprint density at radius 1 is 1.53 bits per heavy atom. The number of nitro groups is 1. The van der Waals surface area contributed by atoms with Crippen molar-refractivity contribution in [2.75, 3.05) is 6.61 Å². The number of fused-ring (bicyclic) bond motifs is 1. The Balaban J connectivity index is 2.59. The summed E-state index contributed by atoms with van der Waals surface area (Å²) >= 11 is 5.92. The Labute approximate surface area is 91.3 Å². The molecule has 0 saturated carbocycles. The zero-order valence-corrected chi connectivity index (χ0v) is 8.75. The summed E-state index contributed by atoms with van der Waals surface area (Å²) < 4.78 is 5.27. The molecule has 1 aliphatic rings. The smallest absolute Gasteiger partial charge is 0.284 e. The van der Waals surface area contributed by atoms with Crippen molar-refractivity contribution >= 4 is 17.7 Å². The molecule has 0 saturated heterocycles. The topological polar surface area (TPSA) is 52.4 Å². The predicted molar refractivity (Wildman–Crippen MR) is 56.7 cm³/mol. The number of halogens is 1. The van der Waals surface area contributed by atoms with Crippen molar-refractivity contribution in [2.45, 2.75) is 6.92 Å². The van der Waals surface area contributed by atoms with Gasteiger partial charge in [0.2, 0.25) is 0 Å². The maximum Gasteiger partial charge on any atom is 0.284 e. The molecule has 0 aliphatic carbocycles. The number of rotatable bonds is 1. The highest BCUT2D eigenvalue weighted by Gasteiger charge is 2.22. The number of hydrogen-bond donors (Lipinski definition) is 0. The second kappa shape index (κ2) is 3.55. The fourth-order valence-corrected chi connectivity index (χ4v) is 1.68. The van der Waals surface area contributed by atoms with Crippen molar-refractivity contribution in [3.8, 4) is 5.75 Å². The highest BCUT2D eigenvalue weighted by Crippen LogP contribution is 2.35. The summed E-state index contributed by atoms with van der Waals surface area (Å²) in [5.41, 5.74) is 1.65. The van der Waals surface area contributed by atoms with E-state index in [1.54, 1.807) is 6.07 Å². The summed E-state index contributed by atoms with van der Waals surface area (Å²) in [4.78, 5) is 10.1. The monoisotopic (exact) mass is 225 g/mol. The van der Waals surface area contributed by atoms with Crippen LogP contribution in [0.5, 0.6) is 5.75 Å². The SMILES string of the molecule is Cc1ccc(Cl)c2c1C=C([N+](=O)[O-])CO2. The number of ether oxygens (including phenoxy) is 1. The Bertz CT molecular complexity index is 468. The van der Waals surface area contributed by atoms with Crippen molar-refractivity contribution in [1.29, 1.82) is 0 Å². The van der Waals surface area contributed by atoms with Gasteiger partial charge in [0.1, 0.15) is 5.75 Å². The number of aryl methyl sites for hydroxylation is 1. The van der Waals surface area contributed by atoms with Crippen LogP contribution in [0.15, 0.2) is 17.8 Å². The quantitative estimate of drug-likeness (QED) is 0.545. The lowest BCUT2D eigenvalue weighted by atomic mass is 10.0. The van der Waals surface area contributed by atoms with Gasteiger partial charge in [-0.05, 0) is 18.6 Å². The Morgan fingerprint density at radius 2 is 2.27 bits per heavy atom. The van der Waals surface area contributed by atoms with Crippen LogP contribution in [0.4, 0.5) is 0 Å². The first-order chi connectivity index (χ1) is 7.09. The number of hydrogen-bond acceptors (Lipinski definition) is 3. The molecular weight excluding hydrogens is 218 g/mol. The van der Waals surface area contributed by atoms with E-state index >= 15 is 0 Å². The van der Waals surface area contributed by atoms with Gasteiger partial charge in [0.05, 0.1) is 9.95 Å². The lowest BCUT2D eigenvalue weighted by molar-refractivity contribution is -0.427. The summed E-state index contributed by atoms with van der Waals surface area (Å²) in [5, 5.41) is 11.1. The zero-order chi connectivity index (χ0) is 11.0. The number of nitrogens with zero attached hydrogens (tertiary/aromatic N) is 1. The van der Waals surface area contributed by atoms with E-state index < -0.39 is 4.92 Å². The lowest BCUT2D eigenvalue weighted by Gasteiger charge is -2.16. The molecule has 0 amide bonds. The summed E-state index contributed by atoms with van der Waals surface area (Å²) in [6.07, 6.45) is 1.51. The molecule has 4 nitrogen and oxygen atoms in total. The molecule has 0 unspecified atom stereocenters. The molecule has 0 fully saturated rings. The first-order valence-corrected chi connectivity index (χ1v) is 4.74. The van der Waals surface area contributed by atoms with E-state index in [1.165, 1.54) is 6.08 Å². The maximum absolute atomic E-state index is 10.6. The van der Waals surface area contributed by atoms with Crippen molar-refractivity contribution in [2.24, 2.45) is 0 Å². The largest absolute Gasteiger partial charge is 0.480 e. The minimum absolute atomic E-state index is 0.0385. The summed E-state index contributed by atoms with van der Waals surface area (Å²) in [5.74, 6) is 0.530. The van der Waals surface area contributed by atoms with E-state index in [0.717, 1.165) is 5.56 Å². The van der Waals surface area contributed by atoms with Gasteiger partial charge < -0.3 is 4.74 Å². The van der Waals surface area contributed by atoms with Gasteiger partial charge in [-0.3, -0.25) is 10.1 Å². The van der Waals surface area contributed by atoms with Crippen LogP contribution in [0.1, 0.15) is 11.1 Å². The fraction of sp³-hybridized carbons (Fsp3) is 0.200. The minimum Gasteiger partial charge on any atom is -0.480 e. The zero-order valence-electron chi connectivity index (χ0n) is 7.99. The normalized spacial score (nSPS) is 13.9. The van der Waals surface area contributed by atoms with Crippen molar-refractivity contribution < 1.29 is 9.66 Å². The van der Waals surface area contributed by atoms with E-state index in [1.807, 2.05) is 13.0 Å². The molecule has 0 radical (unpaired) electrons. The summed E-state index contributed by atoms with van der Waals surface area (Å²) in [7, 11) is 0. The Morgan fingerprint density at radius 3 is 2.93 bits per heavy atom. The number of benzene rings is 1. The second-order valence-electron chi connectivity index (χ2n) is 3.29. The molecule has 78 valence electrons. The van der Waals surface area contributed by atoms with Crippen LogP contribution < -0.4 is 4.74 Å². The Hall–Kier alpha value is -1.55. The highest BCUT2D eigenvalue weighted by atomic mass is 35.5. The van der Waals surface area contributed by atoms with Gasteiger partial charge in [-0.25, -0.2) is 0 Å².